The number of para-hydroxylation sites is 1. The van der Waals surface area contributed by atoms with Crippen LogP contribution in [0.2, 0.25) is 0 Å². The van der Waals surface area contributed by atoms with Crippen LogP contribution in [0, 0.1) is 0 Å². The van der Waals surface area contributed by atoms with E-state index in [1.807, 2.05) is 0 Å². The topological polar surface area (TPSA) is 116 Å². The predicted octanol–water partition coefficient (Wildman–Crippen LogP) is 0.00920. The summed E-state index contributed by atoms with van der Waals surface area (Å²) in [5, 5.41) is 17.5. The molecule has 0 saturated carbocycles. The molecule has 1 saturated heterocycles. The first-order chi connectivity index (χ1) is 11.4. The summed E-state index contributed by atoms with van der Waals surface area (Å²) >= 11 is 0. The minimum Gasteiger partial charge on any atom is -0.480 e. The lowest BCUT2D eigenvalue weighted by Gasteiger charge is -2.19. The molecular formula is C15H17N3O5S. The average Bonchev–Trinajstić information content (AvgIpc) is 3.12. The Bertz CT molecular complexity index is 791. The maximum absolute atomic E-state index is 12.3. The van der Waals surface area contributed by atoms with Crippen molar-refractivity contribution in [1.29, 1.82) is 0 Å². The largest absolute Gasteiger partial charge is 0.480 e. The third kappa shape index (κ3) is 3.40. The lowest BCUT2D eigenvalue weighted by atomic mass is 10.1. The van der Waals surface area contributed by atoms with Gasteiger partial charge in [0, 0.05) is 12.5 Å². The van der Waals surface area contributed by atoms with Gasteiger partial charge in [-0.2, -0.15) is 5.10 Å². The predicted molar refractivity (Wildman–Crippen MR) is 87.6 cm³/mol. The number of nitrogens with one attached hydrogen (secondary N) is 1. The number of amides is 1. The molecule has 0 spiro atoms. The molecular weight excluding hydrogens is 334 g/mol. The van der Waals surface area contributed by atoms with Crippen molar-refractivity contribution < 1.29 is 23.1 Å². The van der Waals surface area contributed by atoms with Crippen molar-refractivity contribution in [3.8, 4) is 0 Å². The van der Waals surface area contributed by atoms with Crippen LogP contribution < -0.4 is 10.3 Å². The van der Waals surface area contributed by atoms with Crippen molar-refractivity contribution in [1.82, 2.24) is 5.32 Å². The first-order valence-corrected chi connectivity index (χ1v) is 9.34. The van der Waals surface area contributed by atoms with E-state index in [-0.39, 0.29) is 23.6 Å². The van der Waals surface area contributed by atoms with Gasteiger partial charge in [0.1, 0.15) is 5.71 Å². The summed E-state index contributed by atoms with van der Waals surface area (Å²) in [7, 11) is -3.10. The molecule has 9 heteroatoms. The van der Waals surface area contributed by atoms with Gasteiger partial charge in [-0.25, -0.2) is 13.2 Å². The molecule has 0 radical (unpaired) electrons. The zero-order valence-electron chi connectivity index (χ0n) is 12.8. The zero-order chi connectivity index (χ0) is 17.3. The molecule has 3 rings (SSSR count). The fourth-order valence-corrected chi connectivity index (χ4v) is 4.51. The number of carboxylic acid groups (broad SMARTS) is 1. The molecule has 1 amide bonds. The number of sulfone groups is 1. The summed E-state index contributed by atoms with van der Waals surface area (Å²) in [5.41, 5.74) is 0.673. The summed E-state index contributed by atoms with van der Waals surface area (Å²) in [6.07, 6.45) is 0.335. The van der Waals surface area contributed by atoms with E-state index >= 15 is 0 Å². The Morgan fingerprint density at radius 3 is 2.54 bits per heavy atom. The van der Waals surface area contributed by atoms with Crippen LogP contribution in [-0.2, 0) is 19.4 Å². The molecule has 128 valence electrons. The number of nitrogens with zero attached hydrogens (tertiary/aromatic N) is 2. The highest BCUT2D eigenvalue weighted by Crippen LogP contribution is 2.24. The fraction of sp³-hybridized carbons (Fsp3) is 0.400. The number of hydrazone groups is 1. The number of carbonyl (C=O) groups excluding carboxylic acids is 1. The van der Waals surface area contributed by atoms with Crippen LogP contribution >= 0.6 is 0 Å². The molecule has 2 aliphatic heterocycles. The Morgan fingerprint density at radius 2 is 1.96 bits per heavy atom. The summed E-state index contributed by atoms with van der Waals surface area (Å²) in [4.78, 5) is 23.8. The summed E-state index contributed by atoms with van der Waals surface area (Å²) in [6.45, 7) is 0. The van der Waals surface area contributed by atoms with Crippen LogP contribution in [0.5, 0.6) is 0 Å². The number of carbonyl (C=O) groups is 2. The minimum absolute atomic E-state index is 0.0322. The number of aliphatic carboxylic acids is 1. The van der Waals surface area contributed by atoms with E-state index in [0.29, 0.717) is 12.1 Å². The molecule has 8 nitrogen and oxygen atoms in total. The van der Waals surface area contributed by atoms with E-state index in [2.05, 4.69) is 10.4 Å². The van der Waals surface area contributed by atoms with Gasteiger partial charge in [0.2, 0.25) is 0 Å². The summed E-state index contributed by atoms with van der Waals surface area (Å²) in [5.74, 6) is -1.62. The van der Waals surface area contributed by atoms with Gasteiger partial charge in [-0.3, -0.25) is 9.80 Å². The molecule has 0 bridgehead atoms. The Labute approximate surface area is 139 Å². The van der Waals surface area contributed by atoms with Crippen LogP contribution in [0.1, 0.15) is 12.8 Å². The highest BCUT2D eigenvalue weighted by Gasteiger charge is 2.37. The Kier molecular flexibility index (Phi) is 4.27. The van der Waals surface area contributed by atoms with Gasteiger partial charge < -0.3 is 10.4 Å². The van der Waals surface area contributed by atoms with Gasteiger partial charge in [0.05, 0.1) is 17.2 Å². The first-order valence-electron chi connectivity index (χ1n) is 7.51. The highest BCUT2D eigenvalue weighted by atomic mass is 32.2. The van der Waals surface area contributed by atoms with Crippen LogP contribution in [0.15, 0.2) is 35.4 Å². The summed E-state index contributed by atoms with van der Waals surface area (Å²) < 4.78 is 22.9. The smallest absolute Gasteiger partial charge is 0.328 e. The summed E-state index contributed by atoms with van der Waals surface area (Å²) in [6, 6.07) is 7.33. The second-order valence-corrected chi connectivity index (χ2v) is 8.09. The Hall–Kier alpha value is -2.42. The van der Waals surface area contributed by atoms with Crippen molar-refractivity contribution in [3.63, 3.8) is 0 Å². The van der Waals surface area contributed by atoms with E-state index in [1.165, 1.54) is 5.01 Å². The number of carboxylic acids is 1. The van der Waals surface area contributed by atoms with Gasteiger partial charge in [0.25, 0.3) is 5.91 Å². The lowest BCUT2D eigenvalue weighted by molar-refractivity contribution is -0.138. The van der Waals surface area contributed by atoms with Crippen LogP contribution in [0.25, 0.3) is 0 Å². The third-order valence-electron chi connectivity index (χ3n) is 4.05. The molecule has 24 heavy (non-hydrogen) atoms. The number of anilines is 1. The van der Waals surface area contributed by atoms with E-state index in [1.54, 1.807) is 30.3 Å². The maximum atomic E-state index is 12.3. The van der Waals surface area contributed by atoms with E-state index in [4.69, 9.17) is 0 Å². The van der Waals surface area contributed by atoms with E-state index in [9.17, 15) is 23.1 Å². The van der Waals surface area contributed by atoms with E-state index in [0.717, 1.165) is 0 Å². The monoisotopic (exact) mass is 351 g/mol. The van der Waals surface area contributed by atoms with E-state index < -0.39 is 33.8 Å². The van der Waals surface area contributed by atoms with Gasteiger partial charge in [-0.15, -0.1) is 0 Å². The maximum Gasteiger partial charge on any atom is 0.328 e. The molecule has 2 atom stereocenters. The average molecular weight is 351 g/mol. The Balaban J connectivity index is 1.76. The standard InChI is InChI=1S/C15H17N3O5S/c19-14(16-10-6-7-24(22,23)9-10)12-8-13(15(20)21)18(17-12)11-4-2-1-3-5-11/h1-5,10,13H,6-9H2,(H,16,19)(H,20,21). The lowest BCUT2D eigenvalue weighted by Crippen LogP contribution is -2.40. The van der Waals surface area contributed by atoms with Crippen LogP contribution in [0.4, 0.5) is 5.69 Å². The first kappa shape index (κ1) is 16.4. The van der Waals surface area contributed by atoms with Gasteiger partial charge in [0.15, 0.2) is 15.9 Å². The van der Waals surface area contributed by atoms with Crippen molar-refractivity contribution in [2.24, 2.45) is 5.10 Å². The van der Waals surface area contributed by atoms with Gasteiger partial charge in [-0.1, -0.05) is 18.2 Å². The van der Waals surface area contributed by atoms with Crippen molar-refractivity contribution in [2.45, 2.75) is 24.9 Å². The second kappa shape index (κ2) is 6.23. The molecule has 2 heterocycles. The Morgan fingerprint density at radius 1 is 1.25 bits per heavy atom. The van der Waals surface area contributed by atoms with Gasteiger partial charge in [-0.05, 0) is 18.6 Å². The second-order valence-electron chi connectivity index (χ2n) is 5.86. The van der Waals surface area contributed by atoms with Crippen molar-refractivity contribution in [3.05, 3.63) is 30.3 Å². The number of benzene rings is 1. The van der Waals surface area contributed by atoms with Crippen LogP contribution in [0.3, 0.4) is 0 Å². The molecule has 2 unspecified atom stereocenters. The van der Waals surface area contributed by atoms with Crippen molar-refractivity contribution in [2.75, 3.05) is 16.5 Å². The quantitative estimate of drug-likeness (QED) is 0.789. The molecule has 2 aliphatic rings. The number of hydrogen-bond acceptors (Lipinski definition) is 6. The molecule has 0 aliphatic carbocycles. The normalized spacial score (nSPS) is 25.3. The SMILES string of the molecule is O=C(NC1CCS(=O)(=O)C1)C1=NN(c2ccccc2)C(C(=O)O)C1. The molecule has 1 aromatic rings. The zero-order valence-corrected chi connectivity index (χ0v) is 13.6. The highest BCUT2D eigenvalue weighted by molar-refractivity contribution is 7.91. The minimum atomic E-state index is -3.10. The molecule has 2 N–H and O–H groups in total. The van der Waals surface area contributed by atoms with Crippen LogP contribution in [-0.4, -0.2) is 54.7 Å². The third-order valence-corrected chi connectivity index (χ3v) is 5.81. The van der Waals surface area contributed by atoms with Gasteiger partial charge >= 0.3 is 5.97 Å². The van der Waals surface area contributed by atoms with Crippen molar-refractivity contribution >= 4 is 33.1 Å². The number of hydrogen-bond donors (Lipinski definition) is 2. The number of rotatable bonds is 4. The molecule has 0 aromatic heterocycles. The molecule has 1 fully saturated rings. The molecule has 1 aromatic carbocycles. The fourth-order valence-electron chi connectivity index (χ4n) is 2.84.